The van der Waals surface area contributed by atoms with E-state index < -0.39 is 5.76 Å². The maximum atomic E-state index is 11.6. The maximum absolute atomic E-state index is 11.6. The monoisotopic (exact) mass is 249 g/mol. The first-order valence-corrected chi connectivity index (χ1v) is 5.93. The highest BCUT2D eigenvalue weighted by molar-refractivity contribution is 5.77. The molecule has 6 heteroatoms. The van der Waals surface area contributed by atoms with Crippen LogP contribution in [0.1, 0.15) is 19.8 Å². The quantitative estimate of drug-likeness (QED) is 0.799. The van der Waals surface area contributed by atoms with Gasteiger partial charge in [0.05, 0.1) is 0 Å². The lowest BCUT2D eigenvalue weighted by Gasteiger charge is -2.03. The normalized spacial score (nSPS) is 10.7. The summed E-state index contributed by atoms with van der Waals surface area (Å²) in [6, 6.07) is 3.33. The van der Waals surface area contributed by atoms with E-state index in [4.69, 9.17) is 4.42 Å². The zero-order valence-electron chi connectivity index (χ0n) is 10.2. The van der Waals surface area contributed by atoms with E-state index in [0.717, 1.165) is 12.8 Å². The van der Waals surface area contributed by atoms with Crippen LogP contribution >= 0.6 is 0 Å². The van der Waals surface area contributed by atoms with Gasteiger partial charge in [0.15, 0.2) is 11.2 Å². The van der Waals surface area contributed by atoms with Crippen LogP contribution in [0.4, 0.5) is 0 Å². The summed E-state index contributed by atoms with van der Waals surface area (Å²) in [5.74, 6) is -0.770. The third kappa shape index (κ3) is 2.58. The van der Waals surface area contributed by atoms with Gasteiger partial charge >= 0.3 is 5.76 Å². The molecule has 0 atom stereocenters. The standard InChI is InChI=1S/C12H15N3O3/c1-2-3-6-13-10(16)8-15-11-9(18-12(15)17)5-4-7-14-11/h4-5,7H,2-3,6,8H2,1H3,(H,13,16). The van der Waals surface area contributed by atoms with Crippen LogP contribution in [0.25, 0.3) is 11.2 Å². The Morgan fingerprint density at radius 1 is 1.56 bits per heavy atom. The SMILES string of the molecule is CCCCNC(=O)Cn1c(=O)oc2cccnc21. The van der Waals surface area contributed by atoms with Crippen molar-refractivity contribution < 1.29 is 9.21 Å². The van der Waals surface area contributed by atoms with Gasteiger partial charge in [-0.1, -0.05) is 13.3 Å². The average Bonchev–Trinajstić information content (AvgIpc) is 2.67. The van der Waals surface area contributed by atoms with Gasteiger partial charge < -0.3 is 9.73 Å². The number of pyridine rings is 1. The highest BCUT2D eigenvalue weighted by Gasteiger charge is 2.12. The van der Waals surface area contributed by atoms with Crippen molar-refractivity contribution in [3.63, 3.8) is 0 Å². The molecule has 0 radical (unpaired) electrons. The predicted octanol–water partition coefficient (Wildman–Crippen LogP) is 0.906. The van der Waals surface area contributed by atoms with E-state index in [0.29, 0.717) is 17.8 Å². The molecule has 0 unspecified atom stereocenters. The Morgan fingerprint density at radius 2 is 2.39 bits per heavy atom. The van der Waals surface area contributed by atoms with Crippen molar-refractivity contribution in [2.24, 2.45) is 0 Å². The van der Waals surface area contributed by atoms with Crippen LogP contribution in [0, 0.1) is 0 Å². The Labute approximate surface area is 104 Å². The minimum absolute atomic E-state index is 0.0629. The largest absolute Gasteiger partial charge is 0.421 e. The lowest BCUT2D eigenvalue weighted by molar-refractivity contribution is -0.121. The Balaban J connectivity index is 2.14. The van der Waals surface area contributed by atoms with Gasteiger partial charge in [-0.2, -0.15) is 0 Å². The topological polar surface area (TPSA) is 77.1 Å². The van der Waals surface area contributed by atoms with Crippen LogP contribution in [0.2, 0.25) is 0 Å². The number of hydrogen-bond acceptors (Lipinski definition) is 4. The number of carbonyl (C=O) groups is 1. The molecule has 0 saturated carbocycles. The van der Waals surface area contributed by atoms with Crippen LogP contribution in [0.3, 0.4) is 0 Å². The zero-order chi connectivity index (χ0) is 13.0. The highest BCUT2D eigenvalue weighted by Crippen LogP contribution is 2.07. The number of hydrogen-bond donors (Lipinski definition) is 1. The molecule has 0 bridgehead atoms. The van der Waals surface area contributed by atoms with Crippen molar-refractivity contribution in [1.29, 1.82) is 0 Å². The zero-order valence-corrected chi connectivity index (χ0v) is 10.2. The molecule has 2 heterocycles. The van der Waals surface area contributed by atoms with Crippen molar-refractivity contribution in [2.75, 3.05) is 6.54 Å². The predicted molar refractivity (Wildman–Crippen MR) is 66.2 cm³/mol. The first-order chi connectivity index (χ1) is 8.72. The summed E-state index contributed by atoms with van der Waals surface area (Å²) >= 11 is 0. The molecule has 18 heavy (non-hydrogen) atoms. The second kappa shape index (κ2) is 5.48. The Hall–Kier alpha value is -2.11. The summed E-state index contributed by atoms with van der Waals surface area (Å²) in [5, 5.41) is 2.75. The fourth-order valence-corrected chi connectivity index (χ4v) is 1.64. The first kappa shape index (κ1) is 12.3. The van der Waals surface area contributed by atoms with Crippen LogP contribution in [-0.2, 0) is 11.3 Å². The summed E-state index contributed by atoms with van der Waals surface area (Å²) in [6.07, 6.45) is 3.49. The molecule has 0 aliphatic carbocycles. The van der Waals surface area contributed by atoms with E-state index in [9.17, 15) is 9.59 Å². The van der Waals surface area contributed by atoms with E-state index in [1.165, 1.54) is 4.57 Å². The van der Waals surface area contributed by atoms with Crippen LogP contribution < -0.4 is 11.1 Å². The molecule has 0 aliphatic heterocycles. The molecule has 6 nitrogen and oxygen atoms in total. The number of oxazole rings is 1. The van der Waals surface area contributed by atoms with Crippen LogP contribution in [0.15, 0.2) is 27.5 Å². The third-order valence-electron chi connectivity index (χ3n) is 2.58. The van der Waals surface area contributed by atoms with Gasteiger partial charge in [-0.25, -0.2) is 14.3 Å². The number of nitrogens with zero attached hydrogens (tertiary/aromatic N) is 2. The summed E-state index contributed by atoms with van der Waals surface area (Å²) in [5.41, 5.74) is 0.789. The van der Waals surface area contributed by atoms with Gasteiger partial charge in [-0.15, -0.1) is 0 Å². The number of rotatable bonds is 5. The maximum Gasteiger partial charge on any atom is 0.421 e. The number of aromatic nitrogens is 2. The van der Waals surface area contributed by atoms with E-state index in [1.807, 2.05) is 6.92 Å². The molecular weight excluding hydrogens is 234 g/mol. The number of unbranched alkanes of at least 4 members (excludes halogenated alkanes) is 1. The van der Waals surface area contributed by atoms with Gasteiger partial charge in [-0.05, 0) is 18.6 Å². The van der Waals surface area contributed by atoms with Crippen molar-refractivity contribution >= 4 is 17.1 Å². The molecule has 0 aliphatic rings. The molecular formula is C12H15N3O3. The smallest absolute Gasteiger partial charge is 0.406 e. The Morgan fingerprint density at radius 3 is 3.17 bits per heavy atom. The van der Waals surface area contributed by atoms with Gasteiger partial charge in [0.2, 0.25) is 5.91 Å². The second-order valence-corrected chi connectivity index (χ2v) is 3.98. The van der Waals surface area contributed by atoms with E-state index in [2.05, 4.69) is 10.3 Å². The molecule has 0 saturated heterocycles. The number of fused-ring (bicyclic) bond motifs is 1. The molecule has 1 amide bonds. The van der Waals surface area contributed by atoms with Crippen molar-refractivity contribution in [3.05, 3.63) is 28.9 Å². The first-order valence-electron chi connectivity index (χ1n) is 5.93. The number of nitrogens with one attached hydrogen (secondary N) is 1. The highest BCUT2D eigenvalue weighted by atomic mass is 16.4. The minimum Gasteiger partial charge on any atom is -0.406 e. The van der Waals surface area contributed by atoms with Crippen molar-refractivity contribution in [3.8, 4) is 0 Å². The van der Waals surface area contributed by atoms with Crippen LogP contribution in [0.5, 0.6) is 0 Å². The third-order valence-corrected chi connectivity index (χ3v) is 2.58. The Kier molecular flexibility index (Phi) is 3.76. The lowest BCUT2D eigenvalue weighted by Crippen LogP contribution is -2.31. The summed E-state index contributed by atoms with van der Waals surface area (Å²) in [6.45, 7) is 2.60. The number of amides is 1. The molecule has 0 fully saturated rings. The summed E-state index contributed by atoms with van der Waals surface area (Å²) in [4.78, 5) is 27.3. The fourth-order valence-electron chi connectivity index (χ4n) is 1.64. The molecule has 0 spiro atoms. The molecule has 0 aromatic carbocycles. The van der Waals surface area contributed by atoms with Crippen LogP contribution in [-0.4, -0.2) is 22.0 Å². The minimum atomic E-state index is -0.561. The second-order valence-electron chi connectivity index (χ2n) is 3.98. The molecule has 2 aromatic heterocycles. The van der Waals surface area contributed by atoms with E-state index >= 15 is 0 Å². The number of carbonyl (C=O) groups excluding carboxylic acids is 1. The van der Waals surface area contributed by atoms with Gasteiger partial charge in [0, 0.05) is 12.7 Å². The summed E-state index contributed by atoms with van der Waals surface area (Å²) in [7, 11) is 0. The molecule has 2 aromatic rings. The van der Waals surface area contributed by atoms with Gasteiger partial charge in [0.1, 0.15) is 6.54 Å². The van der Waals surface area contributed by atoms with Crippen molar-refractivity contribution in [2.45, 2.75) is 26.3 Å². The molecule has 96 valence electrons. The fraction of sp³-hybridized carbons (Fsp3) is 0.417. The molecule has 2 rings (SSSR count). The summed E-state index contributed by atoms with van der Waals surface area (Å²) < 4.78 is 6.22. The van der Waals surface area contributed by atoms with Crippen molar-refractivity contribution in [1.82, 2.24) is 14.9 Å². The van der Waals surface area contributed by atoms with Gasteiger partial charge in [0.25, 0.3) is 0 Å². The van der Waals surface area contributed by atoms with E-state index in [1.54, 1.807) is 18.3 Å². The average molecular weight is 249 g/mol. The van der Waals surface area contributed by atoms with Gasteiger partial charge in [-0.3, -0.25) is 4.79 Å². The van der Waals surface area contributed by atoms with E-state index in [-0.39, 0.29) is 12.5 Å². The lowest BCUT2D eigenvalue weighted by atomic mass is 10.3. The Bertz CT molecular complexity index is 600. The molecule has 1 N–H and O–H groups in total.